The summed E-state index contributed by atoms with van der Waals surface area (Å²) < 4.78 is 31.8. The zero-order valence-electron chi connectivity index (χ0n) is 10.7. The Morgan fingerprint density at radius 1 is 1.32 bits per heavy atom. The number of hydrogen-bond acceptors (Lipinski definition) is 5. The zero-order chi connectivity index (χ0) is 14.0. The standard InChI is InChI=1S/C12H15N3O3S/c1-8-3-4-11(13)12(9(8)2)19(16,17)15-7-10-5-6-14-18-10/h3-6,15H,7,13H2,1-2H3. The number of nitrogen functional groups attached to an aromatic ring is 1. The average molecular weight is 281 g/mol. The van der Waals surface area contributed by atoms with Crippen LogP contribution in [0, 0.1) is 13.8 Å². The van der Waals surface area contributed by atoms with E-state index in [4.69, 9.17) is 10.3 Å². The van der Waals surface area contributed by atoms with Gasteiger partial charge in [-0.05, 0) is 31.0 Å². The molecule has 1 aromatic heterocycles. The second kappa shape index (κ2) is 5.02. The molecule has 0 atom stereocenters. The van der Waals surface area contributed by atoms with Gasteiger partial charge in [-0.2, -0.15) is 0 Å². The number of rotatable bonds is 4. The molecule has 2 rings (SSSR count). The van der Waals surface area contributed by atoms with Crippen LogP contribution in [-0.4, -0.2) is 13.6 Å². The maximum absolute atomic E-state index is 12.3. The van der Waals surface area contributed by atoms with E-state index in [1.807, 2.05) is 6.92 Å². The van der Waals surface area contributed by atoms with Crippen LogP contribution >= 0.6 is 0 Å². The lowest BCUT2D eigenvalue weighted by Gasteiger charge is -2.12. The number of nitrogens with zero attached hydrogens (tertiary/aromatic N) is 1. The van der Waals surface area contributed by atoms with Crippen molar-refractivity contribution in [2.24, 2.45) is 0 Å². The molecule has 6 nitrogen and oxygen atoms in total. The molecule has 0 unspecified atom stereocenters. The van der Waals surface area contributed by atoms with Gasteiger partial charge in [-0.1, -0.05) is 11.2 Å². The monoisotopic (exact) mass is 281 g/mol. The van der Waals surface area contributed by atoms with E-state index in [2.05, 4.69) is 9.88 Å². The second-order valence-electron chi connectivity index (χ2n) is 4.23. The third-order valence-electron chi connectivity index (χ3n) is 2.90. The van der Waals surface area contributed by atoms with Crippen molar-refractivity contribution in [3.05, 3.63) is 41.3 Å². The Bertz CT molecular complexity index is 678. The predicted octanol–water partition coefficient (Wildman–Crippen LogP) is 1.35. The SMILES string of the molecule is Cc1ccc(N)c(S(=O)(=O)NCc2ccno2)c1C. The zero-order valence-corrected chi connectivity index (χ0v) is 11.5. The Balaban J connectivity index is 2.32. The molecule has 3 N–H and O–H groups in total. The van der Waals surface area contributed by atoms with Crippen LogP contribution in [0.3, 0.4) is 0 Å². The Kier molecular flexibility index (Phi) is 3.59. The van der Waals surface area contributed by atoms with E-state index in [0.29, 0.717) is 11.3 Å². The summed E-state index contributed by atoms with van der Waals surface area (Å²) in [6.07, 6.45) is 1.45. The summed E-state index contributed by atoms with van der Waals surface area (Å²) in [5.41, 5.74) is 7.51. The fourth-order valence-electron chi connectivity index (χ4n) is 1.74. The van der Waals surface area contributed by atoms with Crippen LogP contribution in [-0.2, 0) is 16.6 Å². The first-order chi connectivity index (χ1) is 8.92. The van der Waals surface area contributed by atoms with Crippen molar-refractivity contribution in [1.82, 2.24) is 9.88 Å². The molecule has 0 aliphatic rings. The molecule has 0 spiro atoms. The van der Waals surface area contributed by atoms with E-state index in [9.17, 15) is 8.42 Å². The van der Waals surface area contributed by atoms with Gasteiger partial charge < -0.3 is 10.3 Å². The summed E-state index contributed by atoms with van der Waals surface area (Å²) in [4.78, 5) is 0.118. The van der Waals surface area contributed by atoms with Crippen molar-refractivity contribution in [2.75, 3.05) is 5.73 Å². The molecule has 7 heteroatoms. The van der Waals surface area contributed by atoms with Gasteiger partial charge in [-0.25, -0.2) is 13.1 Å². The van der Waals surface area contributed by atoms with Crippen LogP contribution in [0.2, 0.25) is 0 Å². The first-order valence-corrected chi connectivity index (χ1v) is 7.15. The largest absolute Gasteiger partial charge is 0.398 e. The minimum atomic E-state index is -3.68. The summed E-state index contributed by atoms with van der Waals surface area (Å²) in [6, 6.07) is 4.97. The molecular formula is C12H15N3O3S. The van der Waals surface area contributed by atoms with E-state index in [0.717, 1.165) is 5.56 Å². The average Bonchev–Trinajstić information content (AvgIpc) is 2.85. The van der Waals surface area contributed by atoms with Crippen molar-refractivity contribution < 1.29 is 12.9 Å². The van der Waals surface area contributed by atoms with E-state index >= 15 is 0 Å². The van der Waals surface area contributed by atoms with Gasteiger partial charge in [-0.15, -0.1) is 0 Å². The van der Waals surface area contributed by atoms with Crippen molar-refractivity contribution in [3.63, 3.8) is 0 Å². The molecule has 0 fully saturated rings. The Labute approximate surface area is 111 Å². The number of hydrogen-bond donors (Lipinski definition) is 2. The van der Waals surface area contributed by atoms with Gasteiger partial charge in [-0.3, -0.25) is 0 Å². The number of benzene rings is 1. The van der Waals surface area contributed by atoms with Crippen molar-refractivity contribution >= 4 is 15.7 Å². The highest BCUT2D eigenvalue weighted by Crippen LogP contribution is 2.25. The third-order valence-corrected chi connectivity index (χ3v) is 4.51. The van der Waals surface area contributed by atoms with Gasteiger partial charge in [0.2, 0.25) is 10.0 Å². The molecular weight excluding hydrogens is 266 g/mol. The fraction of sp³-hybridized carbons (Fsp3) is 0.250. The molecule has 1 heterocycles. The summed E-state index contributed by atoms with van der Waals surface area (Å²) in [6.45, 7) is 3.61. The second-order valence-corrected chi connectivity index (χ2v) is 5.93. The predicted molar refractivity (Wildman–Crippen MR) is 70.9 cm³/mol. The lowest BCUT2D eigenvalue weighted by Crippen LogP contribution is -2.25. The van der Waals surface area contributed by atoms with Gasteiger partial charge >= 0.3 is 0 Å². The molecule has 0 saturated heterocycles. The highest BCUT2D eigenvalue weighted by atomic mass is 32.2. The summed E-state index contributed by atoms with van der Waals surface area (Å²) in [5, 5.41) is 3.51. The van der Waals surface area contributed by atoms with Gasteiger partial charge in [0.05, 0.1) is 18.4 Å². The summed E-state index contributed by atoms with van der Waals surface area (Å²) in [7, 11) is -3.68. The Morgan fingerprint density at radius 3 is 2.68 bits per heavy atom. The van der Waals surface area contributed by atoms with Crippen molar-refractivity contribution in [3.8, 4) is 0 Å². The minimum absolute atomic E-state index is 0.0369. The van der Waals surface area contributed by atoms with Crippen LogP contribution in [0.25, 0.3) is 0 Å². The van der Waals surface area contributed by atoms with Crippen LogP contribution in [0.5, 0.6) is 0 Å². The molecule has 0 saturated carbocycles. The van der Waals surface area contributed by atoms with E-state index in [1.54, 1.807) is 25.1 Å². The van der Waals surface area contributed by atoms with Gasteiger partial charge in [0.1, 0.15) is 4.90 Å². The molecule has 102 valence electrons. The number of aromatic nitrogens is 1. The Morgan fingerprint density at radius 2 is 2.05 bits per heavy atom. The molecule has 0 amide bonds. The lowest BCUT2D eigenvalue weighted by molar-refractivity contribution is 0.380. The van der Waals surface area contributed by atoms with E-state index in [1.165, 1.54) is 6.20 Å². The number of aryl methyl sites for hydroxylation is 1. The van der Waals surface area contributed by atoms with Crippen LogP contribution in [0.4, 0.5) is 5.69 Å². The molecule has 0 aliphatic carbocycles. The molecule has 19 heavy (non-hydrogen) atoms. The highest BCUT2D eigenvalue weighted by molar-refractivity contribution is 7.89. The van der Waals surface area contributed by atoms with E-state index < -0.39 is 10.0 Å². The maximum Gasteiger partial charge on any atom is 0.243 e. The first-order valence-electron chi connectivity index (χ1n) is 5.66. The maximum atomic E-state index is 12.3. The lowest BCUT2D eigenvalue weighted by atomic mass is 10.1. The Hall–Kier alpha value is -1.86. The summed E-state index contributed by atoms with van der Waals surface area (Å²) >= 11 is 0. The highest BCUT2D eigenvalue weighted by Gasteiger charge is 2.21. The number of anilines is 1. The number of nitrogens with one attached hydrogen (secondary N) is 1. The summed E-state index contributed by atoms with van der Waals surface area (Å²) in [5.74, 6) is 0.437. The normalized spacial score (nSPS) is 11.7. The molecule has 0 aliphatic heterocycles. The van der Waals surface area contributed by atoms with Crippen molar-refractivity contribution in [1.29, 1.82) is 0 Å². The van der Waals surface area contributed by atoms with Crippen LogP contribution < -0.4 is 10.5 Å². The fourth-order valence-corrected chi connectivity index (χ4v) is 3.16. The topological polar surface area (TPSA) is 98.2 Å². The van der Waals surface area contributed by atoms with Gasteiger partial charge in [0, 0.05) is 6.07 Å². The van der Waals surface area contributed by atoms with Gasteiger partial charge in [0.25, 0.3) is 0 Å². The molecule has 0 radical (unpaired) electrons. The molecule has 1 aromatic carbocycles. The third kappa shape index (κ3) is 2.77. The molecule has 0 bridgehead atoms. The van der Waals surface area contributed by atoms with Crippen LogP contribution in [0.1, 0.15) is 16.9 Å². The van der Waals surface area contributed by atoms with Gasteiger partial charge in [0.15, 0.2) is 5.76 Å². The quantitative estimate of drug-likeness (QED) is 0.824. The first kappa shape index (κ1) is 13.6. The van der Waals surface area contributed by atoms with E-state index in [-0.39, 0.29) is 17.1 Å². The number of nitrogens with two attached hydrogens (primary N) is 1. The minimum Gasteiger partial charge on any atom is -0.398 e. The van der Waals surface area contributed by atoms with Crippen molar-refractivity contribution in [2.45, 2.75) is 25.3 Å². The molecule has 2 aromatic rings. The smallest absolute Gasteiger partial charge is 0.243 e. The number of sulfonamides is 1. The van der Waals surface area contributed by atoms with Crippen LogP contribution in [0.15, 0.2) is 33.8 Å².